The minimum absolute atomic E-state index is 0.0642. The molecule has 0 bridgehead atoms. The molecule has 0 aliphatic heterocycles. The summed E-state index contributed by atoms with van der Waals surface area (Å²) < 4.78 is 16.9. The molecular weight excluding hydrogens is 877 g/mol. The molecule has 0 N–H and O–H groups in total. The molecule has 0 aliphatic carbocycles. The van der Waals surface area contributed by atoms with Crippen LogP contribution in [0.2, 0.25) is 0 Å². The maximum atomic E-state index is 12.8. The van der Waals surface area contributed by atoms with E-state index in [0.717, 1.165) is 64.2 Å². The van der Waals surface area contributed by atoms with Gasteiger partial charge in [-0.3, -0.25) is 14.4 Å². The Balaban J connectivity index is 4.09. The van der Waals surface area contributed by atoms with Crippen molar-refractivity contribution < 1.29 is 28.6 Å². The smallest absolute Gasteiger partial charge is 0.306 e. The molecule has 0 rings (SSSR count). The molecule has 1 unspecified atom stereocenters. The zero-order valence-corrected chi connectivity index (χ0v) is 48.0. The van der Waals surface area contributed by atoms with E-state index < -0.39 is 6.10 Å². The van der Waals surface area contributed by atoms with Crippen molar-refractivity contribution in [1.29, 1.82) is 0 Å². The summed E-state index contributed by atoms with van der Waals surface area (Å²) in [5.74, 6) is -0.840. The first-order chi connectivity index (χ1) is 35.0. The predicted molar refractivity (Wildman–Crippen MR) is 307 cm³/mol. The predicted octanol–water partition coefficient (Wildman–Crippen LogP) is 21.4. The normalized spacial score (nSPS) is 12.1. The molecule has 0 aromatic heterocycles. The summed E-state index contributed by atoms with van der Waals surface area (Å²) in [5, 5.41) is 0. The zero-order chi connectivity index (χ0) is 51.4. The lowest BCUT2D eigenvalue weighted by Gasteiger charge is -2.18. The quantitative estimate of drug-likeness (QED) is 0.0261. The maximum Gasteiger partial charge on any atom is 0.306 e. The van der Waals surface area contributed by atoms with Gasteiger partial charge in [-0.25, -0.2) is 0 Å². The molecular formula is C65H122O6. The van der Waals surface area contributed by atoms with Crippen LogP contribution in [0.1, 0.15) is 355 Å². The lowest BCUT2D eigenvalue weighted by atomic mass is 10.0. The van der Waals surface area contributed by atoms with E-state index in [1.807, 2.05) is 0 Å². The van der Waals surface area contributed by atoms with Crippen LogP contribution in [-0.4, -0.2) is 37.2 Å². The summed E-state index contributed by atoms with van der Waals surface area (Å²) >= 11 is 0. The molecule has 418 valence electrons. The zero-order valence-electron chi connectivity index (χ0n) is 48.0. The lowest BCUT2D eigenvalue weighted by Crippen LogP contribution is -2.30. The highest BCUT2D eigenvalue weighted by atomic mass is 16.6. The third-order valence-corrected chi connectivity index (χ3v) is 14.5. The van der Waals surface area contributed by atoms with E-state index in [2.05, 4.69) is 45.1 Å². The third-order valence-electron chi connectivity index (χ3n) is 14.5. The van der Waals surface area contributed by atoms with Crippen molar-refractivity contribution in [2.75, 3.05) is 13.2 Å². The van der Waals surface area contributed by atoms with Crippen molar-refractivity contribution in [3.05, 3.63) is 24.3 Å². The van der Waals surface area contributed by atoms with Gasteiger partial charge in [-0.2, -0.15) is 0 Å². The van der Waals surface area contributed by atoms with Crippen molar-refractivity contribution in [2.45, 2.75) is 361 Å². The van der Waals surface area contributed by atoms with Crippen LogP contribution >= 0.6 is 0 Å². The number of unbranched alkanes of at least 4 members (excludes halogenated alkanes) is 44. The van der Waals surface area contributed by atoms with Gasteiger partial charge in [0.25, 0.3) is 0 Å². The third kappa shape index (κ3) is 58.7. The first-order valence-electron chi connectivity index (χ1n) is 31.8. The highest BCUT2D eigenvalue weighted by molar-refractivity contribution is 5.71. The van der Waals surface area contributed by atoms with Crippen LogP contribution in [-0.2, 0) is 28.6 Å². The summed E-state index contributed by atoms with van der Waals surface area (Å²) in [4.78, 5) is 38.1. The topological polar surface area (TPSA) is 78.9 Å². The number of esters is 3. The van der Waals surface area contributed by atoms with Gasteiger partial charge < -0.3 is 14.2 Å². The van der Waals surface area contributed by atoms with Crippen molar-refractivity contribution in [3.63, 3.8) is 0 Å². The van der Waals surface area contributed by atoms with Gasteiger partial charge in [0.2, 0.25) is 0 Å². The first-order valence-corrected chi connectivity index (χ1v) is 31.8. The SMILES string of the molecule is CCCCCCC/C=C\C/C=C\CCCCCCCCCCCCCCCCCCCC(=O)OCC(COC(=O)CCCCCCCCCCCCC)OC(=O)CCCCCCCCCCCCCCC. The Morgan fingerprint density at radius 3 is 0.775 bits per heavy atom. The Labute approximate surface area is 443 Å². The van der Waals surface area contributed by atoms with Crippen molar-refractivity contribution in [3.8, 4) is 0 Å². The van der Waals surface area contributed by atoms with Crippen LogP contribution in [0.15, 0.2) is 24.3 Å². The summed E-state index contributed by atoms with van der Waals surface area (Å²) in [6.07, 6.45) is 72.0. The Kier molecular flexibility index (Phi) is 58.6. The summed E-state index contributed by atoms with van der Waals surface area (Å²) in [6, 6.07) is 0. The molecule has 71 heavy (non-hydrogen) atoms. The van der Waals surface area contributed by atoms with Gasteiger partial charge >= 0.3 is 17.9 Å². The Morgan fingerprint density at radius 1 is 0.282 bits per heavy atom. The van der Waals surface area contributed by atoms with Crippen molar-refractivity contribution in [2.24, 2.45) is 0 Å². The molecule has 6 heteroatoms. The van der Waals surface area contributed by atoms with Gasteiger partial charge in [0.05, 0.1) is 0 Å². The highest BCUT2D eigenvalue weighted by Gasteiger charge is 2.19. The molecule has 0 heterocycles. The van der Waals surface area contributed by atoms with Gasteiger partial charge in [0, 0.05) is 19.3 Å². The van der Waals surface area contributed by atoms with Crippen LogP contribution in [0.4, 0.5) is 0 Å². The number of ether oxygens (including phenoxy) is 3. The van der Waals surface area contributed by atoms with E-state index in [0.29, 0.717) is 19.3 Å². The molecule has 0 spiro atoms. The van der Waals surface area contributed by atoms with Crippen LogP contribution in [0.25, 0.3) is 0 Å². The van der Waals surface area contributed by atoms with E-state index in [4.69, 9.17) is 14.2 Å². The Hall–Kier alpha value is -2.11. The summed E-state index contributed by atoms with van der Waals surface area (Å²) in [7, 11) is 0. The van der Waals surface area contributed by atoms with Gasteiger partial charge in [-0.05, 0) is 51.4 Å². The molecule has 0 saturated heterocycles. The average molecular weight is 1000 g/mol. The fourth-order valence-electron chi connectivity index (χ4n) is 9.65. The molecule has 0 aromatic carbocycles. The number of rotatable bonds is 59. The van der Waals surface area contributed by atoms with Crippen LogP contribution in [0.5, 0.6) is 0 Å². The van der Waals surface area contributed by atoms with Crippen LogP contribution < -0.4 is 0 Å². The number of carbonyl (C=O) groups is 3. The summed E-state index contributed by atoms with van der Waals surface area (Å²) in [6.45, 7) is 6.68. The standard InChI is InChI=1S/C65H122O6/c1-4-7-10-13-16-19-22-24-25-26-27-28-29-30-31-32-33-34-35-36-37-38-39-41-43-46-49-52-55-58-64(67)70-61-62(60-69-63(66)57-54-51-48-45-42-21-18-15-12-9-6-3)71-65(68)59-56-53-50-47-44-40-23-20-17-14-11-8-5-2/h22,24,26-27,62H,4-21,23,25,28-61H2,1-3H3/b24-22-,27-26-. The number of carbonyl (C=O) groups excluding carboxylic acids is 3. The second-order valence-electron chi connectivity index (χ2n) is 21.7. The van der Waals surface area contributed by atoms with E-state index in [1.54, 1.807) is 0 Å². The average Bonchev–Trinajstić information content (AvgIpc) is 3.37. The second kappa shape index (κ2) is 60.4. The minimum Gasteiger partial charge on any atom is -0.462 e. The largest absolute Gasteiger partial charge is 0.462 e. The molecule has 0 radical (unpaired) electrons. The number of allylic oxidation sites excluding steroid dienone is 4. The minimum atomic E-state index is -0.764. The molecule has 1 atom stereocenters. The molecule has 0 fully saturated rings. The van der Waals surface area contributed by atoms with Gasteiger partial charge in [-0.1, -0.05) is 308 Å². The first kappa shape index (κ1) is 68.9. The van der Waals surface area contributed by atoms with Crippen LogP contribution in [0, 0.1) is 0 Å². The highest BCUT2D eigenvalue weighted by Crippen LogP contribution is 2.18. The van der Waals surface area contributed by atoms with E-state index in [9.17, 15) is 14.4 Å². The number of hydrogen-bond acceptors (Lipinski definition) is 6. The van der Waals surface area contributed by atoms with Crippen molar-refractivity contribution >= 4 is 17.9 Å². The molecule has 0 saturated carbocycles. The fraction of sp³-hybridized carbons (Fsp3) is 0.892. The molecule has 0 amide bonds. The lowest BCUT2D eigenvalue weighted by molar-refractivity contribution is -0.167. The van der Waals surface area contributed by atoms with Crippen LogP contribution in [0.3, 0.4) is 0 Å². The molecule has 0 aliphatic rings. The second-order valence-corrected chi connectivity index (χ2v) is 21.7. The van der Waals surface area contributed by atoms with E-state index in [-0.39, 0.29) is 31.1 Å². The monoisotopic (exact) mass is 999 g/mol. The fourth-order valence-corrected chi connectivity index (χ4v) is 9.65. The molecule has 0 aromatic rings. The Bertz CT molecular complexity index is 1150. The van der Waals surface area contributed by atoms with E-state index in [1.165, 1.54) is 250 Å². The van der Waals surface area contributed by atoms with Gasteiger partial charge in [0.1, 0.15) is 13.2 Å². The van der Waals surface area contributed by atoms with Gasteiger partial charge in [0.15, 0.2) is 6.10 Å². The maximum absolute atomic E-state index is 12.8. The van der Waals surface area contributed by atoms with E-state index >= 15 is 0 Å². The molecule has 6 nitrogen and oxygen atoms in total. The summed E-state index contributed by atoms with van der Waals surface area (Å²) in [5.41, 5.74) is 0. The van der Waals surface area contributed by atoms with Crippen molar-refractivity contribution in [1.82, 2.24) is 0 Å². The Morgan fingerprint density at radius 2 is 0.507 bits per heavy atom. The van der Waals surface area contributed by atoms with Gasteiger partial charge in [-0.15, -0.1) is 0 Å². The number of hydrogen-bond donors (Lipinski definition) is 0.